The topological polar surface area (TPSA) is 69.7 Å². The molecule has 1 aliphatic rings. The van der Waals surface area contributed by atoms with Gasteiger partial charge < -0.3 is 4.74 Å². The normalized spacial score (nSPS) is 27.4. The number of ether oxygens (including phenoxy) is 1. The van der Waals surface area contributed by atoms with Crippen molar-refractivity contribution in [2.45, 2.75) is 39.5 Å². The molecular weight excluding hydrogens is 268 g/mol. The first kappa shape index (κ1) is 16.4. The molecule has 3 unspecified atom stereocenters. The van der Waals surface area contributed by atoms with Gasteiger partial charge >= 0.3 is 5.97 Å². The summed E-state index contributed by atoms with van der Waals surface area (Å²) in [5.74, 6) is 0.553. The van der Waals surface area contributed by atoms with Gasteiger partial charge in [0.25, 0.3) is 10.1 Å². The molecule has 1 aliphatic carbocycles. The summed E-state index contributed by atoms with van der Waals surface area (Å²) in [5.41, 5.74) is 0. The third kappa shape index (κ3) is 5.48. The number of rotatable bonds is 7. The van der Waals surface area contributed by atoms with Crippen LogP contribution in [0.25, 0.3) is 0 Å². The van der Waals surface area contributed by atoms with Crippen molar-refractivity contribution in [3.63, 3.8) is 0 Å². The Morgan fingerprint density at radius 3 is 2.47 bits per heavy atom. The van der Waals surface area contributed by atoms with Crippen molar-refractivity contribution in [2.75, 3.05) is 19.5 Å². The van der Waals surface area contributed by atoms with Crippen molar-refractivity contribution in [1.29, 1.82) is 0 Å². The predicted molar refractivity (Wildman–Crippen MR) is 72.0 cm³/mol. The minimum Gasteiger partial charge on any atom is -0.466 e. The maximum Gasteiger partial charge on any atom is 0.309 e. The first-order chi connectivity index (χ1) is 8.87. The Labute approximate surface area is 115 Å². The van der Waals surface area contributed by atoms with Gasteiger partial charge in [0.2, 0.25) is 0 Å². The van der Waals surface area contributed by atoms with Crippen molar-refractivity contribution in [3.8, 4) is 0 Å². The van der Waals surface area contributed by atoms with Crippen LogP contribution in [0.1, 0.15) is 39.5 Å². The van der Waals surface area contributed by atoms with Gasteiger partial charge in [-0.25, -0.2) is 0 Å². The van der Waals surface area contributed by atoms with Crippen LogP contribution < -0.4 is 0 Å². The lowest BCUT2D eigenvalue weighted by Gasteiger charge is -2.15. The Balaban J connectivity index is 2.45. The fourth-order valence-corrected chi connectivity index (χ4v) is 3.23. The molecule has 1 fully saturated rings. The first-order valence-corrected chi connectivity index (χ1v) is 8.70. The van der Waals surface area contributed by atoms with Crippen molar-refractivity contribution in [2.24, 2.45) is 17.8 Å². The lowest BCUT2D eigenvalue weighted by molar-refractivity contribution is -0.149. The number of carbonyl (C=O) groups is 1. The van der Waals surface area contributed by atoms with Gasteiger partial charge in [-0.15, -0.1) is 0 Å². The van der Waals surface area contributed by atoms with Crippen molar-refractivity contribution in [1.82, 2.24) is 0 Å². The van der Waals surface area contributed by atoms with Gasteiger partial charge in [-0.3, -0.25) is 8.98 Å². The second-order valence-electron chi connectivity index (χ2n) is 5.18. The average molecular weight is 292 g/mol. The van der Waals surface area contributed by atoms with Gasteiger partial charge in [0.05, 0.1) is 25.4 Å². The van der Waals surface area contributed by atoms with E-state index in [0.717, 1.165) is 25.5 Å². The Morgan fingerprint density at radius 2 is 1.95 bits per heavy atom. The lowest BCUT2D eigenvalue weighted by Crippen LogP contribution is -2.21. The van der Waals surface area contributed by atoms with E-state index in [1.165, 1.54) is 0 Å². The van der Waals surface area contributed by atoms with E-state index in [-0.39, 0.29) is 18.5 Å². The van der Waals surface area contributed by atoms with E-state index >= 15 is 0 Å². The van der Waals surface area contributed by atoms with Gasteiger partial charge in [0.15, 0.2) is 0 Å². The Morgan fingerprint density at radius 1 is 1.26 bits per heavy atom. The van der Waals surface area contributed by atoms with Crippen LogP contribution in [-0.2, 0) is 23.8 Å². The summed E-state index contributed by atoms with van der Waals surface area (Å²) < 4.78 is 31.6. The van der Waals surface area contributed by atoms with E-state index in [1.54, 1.807) is 0 Å². The molecule has 3 atom stereocenters. The number of hydrogen-bond donors (Lipinski definition) is 0. The van der Waals surface area contributed by atoms with Crippen LogP contribution in [-0.4, -0.2) is 33.9 Å². The van der Waals surface area contributed by atoms with Crippen LogP contribution >= 0.6 is 0 Å². The highest BCUT2D eigenvalue weighted by Crippen LogP contribution is 2.40. The molecule has 0 aromatic rings. The molecule has 0 radical (unpaired) electrons. The second-order valence-corrected chi connectivity index (χ2v) is 6.82. The predicted octanol–water partition coefficient (Wildman–Crippen LogP) is 1.97. The van der Waals surface area contributed by atoms with E-state index < -0.39 is 10.1 Å². The summed E-state index contributed by atoms with van der Waals surface area (Å²) in [5, 5.41) is 0. The van der Waals surface area contributed by atoms with Gasteiger partial charge in [0.1, 0.15) is 0 Å². The van der Waals surface area contributed by atoms with E-state index in [9.17, 15) is 13.2 Å². The summed E-state index contributed by atoms with van der Waals surface area (Å²) in [4.78, 5) is 11.8. The molecule has 19 heavy (non-hydrogen) atoms. The van der Waals surface area contributed by atoms with Crippen LogP contribution in [0.5, 0.6) is 0 Å². The molecule has 0 amide bonds. The Bertz CT molecular complexity index is 390. The minimum absolute atomic E-state index is 0.0341. The molecular formula is C13H24O5S. The van der Waals surface area contributed by atoms with Crippen molar-refractivity contribution in [3.05, 3.63) is 0 Å². The van der Waals surface area contributed by atoms with Crippen LogP contribution in [0.2, 0.25) is 0 Å². The molecule has 0 aromatic heterocycles. The quantitative estimate of drug-likeness (QED) is 0.530. The molecule has 0 saturated heterocycles. The lowest BCUT2D eigenvalue weighted by atomic mass is 9.94. The van der Waals surface area contributed by atoms with Crippen LogP contribution in [0, 0.1) is 17.8 Å². The zero-order chi connectivity index (χ0) is 14.5. The number of esters is 1. The maximum absolute atomic E-state index is 11.8. The van der Waals surface area contributed by atoms with Crippen molar-refractivity contribution >= 4 is 16.1 Å². The SMILES string of the molecule is CCOC(=O)C1CC(CCOS(C)(=O)=O)CC1CC. The molecule has 1 saturated carbocycles. The van der Waals surface area contributed by atoms with Gasteiger partial charge in [-0.2, -0.15) is 8.42 Å². The monoisotopic (exact) mass is 292 g/mol. The van der Waals surface area contributed by atoms with Crippen LogP contribution in [0.4, 0.5) is 0 Å². The largest absolute Gasteiger partial charge is 0.466 e. The fourth-order valence-electron chi connectivity index (χ4n) is 2.83. The van der Waals surface area contributed by atoms with Gasteiger partial charge in [-0.1, -0.05) is 13.3 Å². The molecule has 6 heteroatoms. The van der Waals surface area contributed by atoms with E-state index in [1.807, 2.05) is 6.92 Å². The third-order valence-corrected chi connectivity index (χ3v) is 4.32. The molecule has 0 bridgehead atoms. The van der Waals surface area contributed by atoms with E-state index in [4.69, 9.17) is 8.92 Å². The molecule has 5 nitrogen and oxygen atoms in total. The van der Waals surface area contributed by atoms with Gasteiger partial charge in [0, 0.05) is 0 Å². The number of carbonyl (C=O) groups excluding carboxylic acids is 1. The van der Waals surface area contributed by atoms with E-state index in [2.05, 4.69) is 6.92 Å². The number of hydrogen-bond acceptors (Lipinski definition) is 5. The second kappa shape index (κ2) is 7.24. The average Bonchev–Trinajstić information content (AvgIpc) is 2.71. The standard InChI is InChI=1S/C13H24O5S/c1-4-11-8-10(6-7-18-19(3,15)16)9-12(11)13(14)17-5-2/h10-12H,4-9H2,1-3H3. The molecule has 0 N–H and O–H groups in total. The summed E-state index contributed by atoms with van der Waals surface area (Å²) in [7, 11) is -3.37. The zero-order valence-electron chi connectivity index (χ0n) is 11.9. The van der Waals surface area contributed by atoms with Crippen molar-refractivity contribution < 1.29 is 22.1 Å². The molecule has 0 spiro atoms. The minimum atomic E-state index is -3.37. The molecule has 112 valence electrons. The smallest absolute Gasteiger partial charge is 0.309 e. The molecule has 0 heterocycles. The Kier molecular flexibility index (Phi) is 6.26. The third-order valence-electron chi connectivity index (χ3n) is 3.73. The molecule has 0 aliphatic heterocycles. The fraction of sp³-hybridized carbons (Fsp3) is 0.923. The van der Waals surface area contributed by atoms with E-state index in [0.29, 0.717) is 24.9 Å². The highest BCUT2D eigenvalue weighted by atomic mass is 32.2. The maximum atomic E-state index is 11.8. The molecule has 1 rings (SSSR count). The van der Waals surface area contributed by atoms with Crippen LogP contribution in [0.3, 0.4) is 0 Å². The zero-order valence-corrected chi connectivity index (χ0v) is 12.7. The highest BCUT2D eigenvalue weighted by Gasteiger charge is 2.38. The molecule has 0 aromatic carbocycles. The highest BCUT2D eigenvalue weighted by molar-refractivity contribution is 7.85. The van der Waals surface area contributed by atoms with Crippen LogP contribution in [0.15, 0.2) is 0 Å². The van der Waals surface area contributed by atoms with Gasteiger partial charge in [-0.05, 0) is 38.0 Å². The summed E-state index contributed by atoms with van der Waals surface area (Å²) in [6, 6.07) is 0. The summed E-state index contributed by atoms with van der Waals surface area (Å²) in [6.07, 6.45) is 4.42. The summed E-state index contributed by atoms with van der Waals surface area (Å²) >= 11 is 0. The summed E-state index contributed by atoms with van der Waals surface area (Å²) in [6.45, 7) is 4.50. The Hall–Kier alpha value is -0.620. The first-order valence-electron chi connectivity index (χ1n) is 6.88.